The van der Waals surface area contributed by atoms with Gasteiger partial charge in [-0.2, -0.15) is 11.8 Å². The van der Waals surface area contributed by atoms with Crippen LogP contribution >= 0.6 is 46.5 Å². The molecule has 1 aromatic rings. The van der Waals surface area contributed by atoms with Gasteiger partial charge in [-0.3, -0.25) is 4.79 Å². The first-order chi connectivity index (χ1) is 8.06. The predicted octanol–water partition coefficient (Wildman–Crippen LogP) is 4.14. The maximum atomic E-state index is 12.2. The van der Waals surface area contributed by atoms with E-state index < -0.39 is 0 Å². The van der Waals surface area contributed by atoms with E-state index in [0.29, 0.717) is 22.7 Å². The third-order valence-electron chi connectivity index (χ3n) is 2.89. The van der Waals surface area contributed by atoms with Crippen molar-refractivity contribution in [2.75, 3.05) is 5.75 Å². The summed E-state index contributed by atoms with van der Waals surface area (Å²) in [5, 5.41) is 1.38. The zero-order chi connectivity index (χ0) is 12.4. The van der Waals surface area contributed by atoms with Gasteiger partial charge in [0.25, 0.3) is 0 Å². The van der Waals surface area contributed by atoms with Crippen molar-refractivity contribution in [1.29, 1.82) is 0 Å². The third-order valence-corrected chi connectivity index (χ3v) is 7.56. The second kappa shape index (κ2) is 6.00. The summed E-state index contributed by atoms with van der Waals surface area (Å²) in [7, 11) is 0. The molecule has 0 amide bonds. The van der Waals surface area contributed by atoms with E-state index in [1.54, 1.807) is 0 Å². The molecule has 0 radical (unpaired) electrons. The van der Waals surface area contributed by atoms with Crippen LogP contribution in [-0.2, 0) is 11.2 Å². The van der Waals surface area contributed by atoms with Gasteiger partial charge < -0.3 is 0 Å². The van der Waals surface area contributed by atoms with Crippen LogP contribution in [0.4, 0.5) is 0 Å². The summed E-state index contributed by atoms with van der Waals surface area (Å²) >= 11 is 11.1. The van der Waals surface area contributed by atoms with Gasteiger partial charge in [0.05, 0.1) is 9.59 Å². The average Bonchev–Trinajstić information content (AvgIpc) is 2.68. The van der Waals surface area contributed by atoms with Crippen molar-refractivity contribution in [3.8, 4) is 0 Å². The van der Waals surface area contributed by atoms with Crippen molar-refractivity contribution in [3.63, 3.8) is 0 Å². The summed E-state index contributed by atoms with van der Waals surface area (Å²) in [6, 6.07) is 3.82. The molecule has 5 heteroatoms. The van der Waals surface area contributed by atoms with Gasteiger partial charge in [-0.1, -0.05) is 25.4 Å². The van der Waals surface area contributed by atoms with Crippen LogP contribution in [0.2, 0.25) is 4.34 Å². The average molecular weight is 307 g/mol. The highest BCUT2D eigenvalue weighted by atomic mass is 35.5. The number of carbonyl (C=O) groups is 1. The number of carbonyl (C=O) groups excluding carboxylic acids is 1. The lowest BCUT2D eigenvalue weighted by molar-refractivity contribution is -0.117. The molecule has 1 nitrogen and oxygen atoms in total. The van der Waals surface area contributed by atoms with Crippen molar-refractivity contribution in [3.05, 3.63) is 21.3 Å². The van der Waals surface area contributed by atoms with Gasteiger partial charge in [0.2, 0.25) is 0 Å². The molecule has 1 aliphatic rings. The lowest BCUT2D eigenvalue weighted by Gasteiger charge is -2.30. The minimum atomic E-state index is 0.159. The number of hydrogen-bond donors (Lipinski definition) is 0. The Morgan fingerprint density at radius 2 is 2.18 bits per heavy atom. The first kappa shape index (κ1) is 13.8. The quantitative estimate of drug-likeness (QED) is 0.835. The summed E-state index contributed by atoms with van der Waals surface area (Å²) in [5.74, 6) is 1.30. The first-order valence-electron chi connectivity index (χ1n) is 5.60. The van der Waals surface area contributed by atoms with Gasteiger partial charge in [-0.15, -0.1) is 23.1 Å². The molecule has 17 heavy (non-hydrogen) atoms. The number of Topliss-reactive ketones (excluding diaryl/α,β-unsaturated/α-hetero) is 1. The maximum absolute atomic E-state index is 12.2. The number of hydrogen-bond acceptors (Lipinski definition) is 4. The van der Waals surface area contributed by atoms with Gasteiger partial charge in [0.15, 0.2) is 5.78 Å². The molecule has 3 unspecified atom stereocenters. The highest BCUT2D eigenvalue weighted by Crippen LogP contribution is 2.36. The van der Waals surface area contributed by atoms with E-state index in [0.717, 1.165) is 15.0 Å². The topological polar surface area (TPSA) is 17.1 Å². The molecule has 3 atom stereocenters. The highest BCUT2D eigenvalue weighted by molar-refractivity contribution is 8.08. The lowest BCUT2D eigenvalue weighted by Crippen LogP contribution is -2.32. The zero-order valence-electron chi connectivity index (χ0n) is 9.81. The molecule has 2 heterocycles. The summed E-state index contributed by atoms with van der Waals surface area (Å²) < 4.78 is 0.764. The minimum absolute atomic E-state index is 0.159. The van der Waals surface area contributed by atoms with Crippen LogP contribution in [0.1, 0.15) is 18.7 Å². The number of halogens is 1. The smallest absolute Gasteiger partial charge is 0.151 e. The minimum Gasteiger partial charge on any atom is -0.298 e. The molecule has 2 rings (SSSR count). The van der Waals surface area contributed by atoms with Crippen molar-refractivity contribution in [2.24, 2.45) is 0 Å². The Morgan fingerprint density at radius 1 is 1.41 bits per heavy atom. The molecule has 0 N–H and O–H groups in total. The number of ketones is 1. The van der Waals surface area contributed by atoms with Gasteiger partial charge >= 0.3 is 0 Å². The van der Waals surface area contributed by atoms with E-state index in [2.05, 4.69) is 13.8 Å². The molecule has 1 aliphatic heterocycles. The second-order valence-electron chi connectivity index (χ2n) is 4.22. The predicted molar refractivity (Wildman–Crippen MR) is 80.8 cm³/mol. The van der Waals surface area contributed by atoms with Crippen molar-refractivity contribution in [2.45, 2.75) is 36.0 Å². The largest absolute Gasteiger partial charge is 0.298 e. The van der Waals surface area contributed by atoms with Gasteiger partial charge in [0.1, 0.15) is 0 Å². The molecule has 0 bridgehead atoms. The highest BCUT2D eigenvalue weighted by Gasteiger charge is 2.30. The SMILES string of the molecule is CC1SCC(C(=O)Cc2ccc(Cl)s2)SC1C. The Bertz CT molecular complexity index is 404. The summed E-state index contributed by atoms with van der Waals surface area (Å²) in [4.78, 5) is 13.2. The molecule has 1 saturated heterocycles. The van der Waals surface area contributed by atoms with Crippen LogP contribution in [0.5, 0.6) is 0 Å². The van der Waals surface area contributed by atoms with E-state index in [1.807, 2.05) is 35.7 Å². The second-order valence-corrected chi connectivity index (χ2v) is 9.01. The Morgan fingerprint density at radius 3 is 2.76 bits per heavy atom. The molecule has 1 aromatic heterocycles. The fourth-order valence-corrected chi connectivity index (χ4v) is 5.67. The molecule has 1 fully saturated rings. The third kappa shape index (κ3) is 3.66. The van der Waals surface area contributed by atoms with Crippen LogP contribution in [0.3, 0.4) is 0 Å². The van der Waals surface area contributed by atoms with Crippen molar-refractivity contribution >= 4 is 52.2 Å². The van der Waals surface area contributed by atoms with E-state index in [-0.39, 0.29) is 5.25 Å². The van der Waals surface area contributed by atoms with E-state index in [9.17, 15) is 4.79 Å². The van der Waals surface area contributed by atoms with Crippen molar-refractivity contribution in [1.82, 2.24) is 0 Å². The number of rotatable bonds is 3. The molecule has 94 valence electrons. The standard InChI is InChI=1S/C12H15ClOS3/c1-7-8(2)16-11(6-15-7)10(14)5-9-3-4-12(13)17-9/h3-4,7-8,11H,5-6H2,1-2H3. The van der Waals surface area contributed by atoms with Crippen LogP contribution in [0.15, 0.2) is 12.1 Å². The van der Waals surface area contributed by atoms with Crippen molar-refractivity contribution < 1.29 is 4.79 Å². The summed E-state index contributed by atoms with van der Waals surface area (Å²) in [6.07, 6.45) is 0.538. The van der Waals surface area contributed by atoms with E-state index in [4.69, 9.17) is 11.6 Å². The Balaban J connectivity index is 1.92. The number of thioether (sulfide) groups is 2. The zero-order valence-corrected chi connectivity index (χ0v) is 13.0. The fourth-order valence-electron chi connectivity index (χ4n) is 1.68. The van der Waals surface area contributed by atoms with Crippen LogP contribution < -0.4 is 0 Å². The van der Waals surface area contributed by atoms with Crippen LogP contribution in [-0.4, -0.2) is 27.3 Å². The van der Waals surface area contributed by atoms with E-state index in [1.165, 1.54) is 11.3 Å². The Kier molecular flexibility index (Phi) is 4.87. The van der Waals surface area contributed by atoms with Crippen LogP contribution in [0, 0.1) is 0 Å². The van der Waals surface area contributed by atoms with Gasteiger partial charge in [-0.25, -0.2) is 0 Å². The molecule has 0 spiro atoms. The summed E-state index contributed by atoms with van der Waals surface area (Å²) in [6.45, 7) is 4.45. The lowest BCUT2D eigenvalue weighted by atomic mass is 10.2. The summed E-state index contributed by atoms with van der Waals surface area (Å²) in [5.41, 5.74) is 0. The molecular formula is C12H15ClOS3. The Labute approximate surface area is 120 Å². The fraction of sp³-hybridized carbons (Fsp3) is 0.583. The van der Waals surface area contributed by atoms with E-state index >= 15 is 0 Å². The molecule has 0 aromatic carbocycles. The first-order valence-corrected chi connectivity index (χ1v) is 8.79. The Hall–Kier alpha value is 0.360. The molecular weight excluding hydrogens is 292 g/mol. The normalized spacial score (nSPS) is 29.2. The molecule has 0 aliphatic carbocycles. The van der Waals surface area contributed by atoms with Crippen LogP contribution in [0.25, 0.3) is 0 Å². The maximum Gasteiger partial charge on any atom is 0.151 e. The molecule has 0 saturated carbocycles. The number of thiophene rings is 1. The van der Waals surface area contributed by atoms with Gasteiger partial charge in [0, 0.05) is 27.6 Å². The van der Waals surface area contributed by atoms with Gasteiger partial charge in [-0.05, 0) is 12.1 Å². The monoisotopic (exact) mass is 306 g/mol.